The van der Waals surface area contributed by atoms with E-state index in [1.54, 1.807) is 0 Å². The van der Waals surface area contributed by atoms with Crippen molar-refractivity contribution in [2.24, 2.45) is 0 Å². The van der Waals surface area contributed by atoms with Crippen LogP contribution in [0.25, 0.3) is 0 Å². The SMILES string of the molecule is Cc1ccc2c(c1)[C@@H](C)CC(C)(C)N2C(=O)CCl. The topological polar surface area (TPSA) is 20.3 Å². The Hall–Kier alpha value is -1.02. The van der Waals surface area contributed by atoms with Gasteiger partial charge in [-0.05, 0) is 44.7 Å². The maximum atomic E-state index is 12.1. The Bertz CT molecular complexity index is 481. The molecule has 0 unspecified atom stereocenters. The maximum Gasteiger partial charge on any atom is 0.242 e. The Labute approximate surface area is 114 Å². The summed E-state index contributed by atoms with van der Waals surface area (Å²) in [6.07, 6.45) is 0.964. The predicted octanol–water partition coefficient (Wildman–Crippen LogP) is 3.85. The lowest BCUT2D eigenvalue weighted by molar-refractivity contribution is -0.117. The summed E-state index contributed by atoms with van der Waals surface area (Å²) in [5, 5.41) is 0. The van der Waals surface area contributed by atoms with E-state index in [4.69, 9.17) is 11.6 Å². The number of aryl methyl sites for hydroxylation is 1. The Balaban J connectivity index is 2.58. The van der Waals surface area contributed by atoms with Gasteiger partial charge in [0.1, 0.15) is 5.88 Å². The Morgan fingerprint density at radius 1 is 1.50 bits per heavy atom. The smallest absolute Gasteiger partial charge is 0.242 e. The van der Waals surface area contributed by atoms with Gasteiger partial charge in [0.25, 0.3) is 0 Å². The highest BCUT2D eigenvalue weighted by atomic mass is 35.5. The molecule has 0 aliphatic carbocycles. The standard InChI is InChI=1S/C15H20ClNO/c1-10-5-6-13-12(7-10)11(2)8-15(3,4)17(13)14(18)9-16/h5-7,11H,8-9H2,1-4H3/t11-/m0/s1. The molecule has 18 heavy (non-hydrogen) atoms. The van der Waals surface area contributed by atoms with Gasteiger partial charge in [-0.3, -0.25) is 4.79 Å². The van der Waals surface area contributed by atoms with Crippen molar-refractivity contribution >= 4 is 23.2 Å². The van der Waals surface area contributed by atoms with Crippen LogP contribution in [0.2, 0.25) is 0 Å². The number of fused-ring (bicyclic) bond motifs is 1. The van der Waals surface area contributed by atoms with E-state index in [2.05, 4.69) is 39.8 Å². The van der Waals surface area contributed by atoms with Crippen LogP contribution in [0, 0.1) is 6.92 Å². The van der Waals surface area contributed by atoms with Crippen molar-refractivity contribution in [1.82, 2.24) is 0 Å². The van der Waals surface area contributed by atoms with Crippen molar-refractivity contribution in [3.63, 3.8) is 0 Å². The summed E-state index contributed by atoms with van der Waals surface area (Å²) >= 11 is 5.76. The van der Waals surface area contributed by atoms with Gasteiger partial charge in [0, 0.05) is 11.2 Å². The van der Waals surface area contributed by atoms with Crippen LogP contribution < -0.4 is 4.90 Å². The van der Waals surface area contributed by atoms with Gasteiger partial charge < -0.3 is 4.90 Å². The number of nitrogens with zero attached hydrogens (tertiary/aromatic N) is 1. The van der Waals surface area contributed by atoms with E-state index < -0.39 is 0 Å². The lowest BCUT2D eigenvalue weighted by Crippen LogP contribution is -2.52. The Morgan fingerprint density at radius 2 is 2.17 bits per heavy atom. The molecule has 3 heteroatoms. The van der Waals surface area contributed by atoms with Crippen molar-refractivity contribution in [1.29, 1.82) is 0 Å². The molecular weight excluding hydrogens is 246 g/mol. The van der Waals surface area contributed by atoms with Crippen LogP contribution in [0.1, 0.15) is 44.2 Å². The van der Waals surface area contributed by atoms with Crippen LogP contribution >= 0.6 is 11.6 Å². The second-order valence-corrected chi connectivity index (χ2v) is 6.11. The molecule has 0 radical (unpaired) electrons. The molecule has 0 fully saturated rings. The molecular formula is C15H20ClNO. The first-order valence-electron chi connectivity index (χ1n) is 6.36. The fourth-order valence-corrected chi connectivity index (χ4v) is 3.20. The zero-order chi connectivity index (χ0) is 13.5. The van der Waals surface area contributed by atoms with Gasteiger partial charge in [0.15, 0.2) is 0 Å². The molecule has 2 rings (SSSR count). The zero-order valence-corrected chi connectivity index (χ0v) is 12.2. The van der Waals surface area contributed by atoms with Gasteiger partial charge in [-0.25, -0.2) is 0 Å². The van der Waals surface area contributed by atoms with E-state index >= 15 is 0 Å². The van der Waals surface area contributed by atoms with Gasteiger partial charge in [0.2, 0.25) is 5.91 Å². The second kappa shape index (κ2) is 4.58. The minimum absolute atomic E-state index is 0.0151. The highest BCUT2D eigenvalue weighted by Gasteiger charge is 2.39. The van der Waals surface area contributed by atoms with Crippen LogP contribution in [-0.2, 0) is 4.79 Å². The van der Waals surface area contributed by atoms with Crippen LogP contribution in [0.5, 0.6) is 0 Å². The van der Waals surface area contributed by atoms with Gasteiger partial charge >= 0.3 is 0 Å². The average Bonchev–Trinajstić information content (AvgIpc) is 2.28. The quantitative estimate of drug-likeness (QED) is 0.706. The zero-order valence-electron chi connectivity index (χ0n) is 11.5. The number of carbonyl (C=O) groups is 1. The van der Waals surface area contributed by atoms with E-state index in [1.807, 2.05) is 11.0 Å². The first-order valence-corrected chi connectivity index (χ1v) is 6.90. The van der Waals surface area contributed by atoms with Crippen LogP contribution in [0.15, 0.2) is 18.2 Å². The first kappa shape index (κ1) is 13.4. The molecule has 0 saturated carbocycles. The summed E-state index contributed by atoms with van der Waals surface area (Å²) in [5.74, 6) is 0.485. The van der Waals surface area contributed by atoms with Gasteiger partial charge in [0.05, 0.1) is 0 Å². The van der Waals surface area contributed by atoms with E-state index in [9.17, 15) is 4.79 Å². The highest BCUT2D eigenvalue weighted by molar-refractivity contribution is 6.29. The van der Waals surface area contributed by atoms with Crippen molar-refractivity contribution in [2.45, 2.75) is 45.6 Å². The molecule has 1 aliphatic heterocycles. The van der Waals surface area contributed by atoms with Crippen LogP contribution in [0.4, 0.5) is 5.69 Å². The lowest BCUT2D eigenvalue weighted by Gasteiger charge is -2.46. The first-order chi connectivity index (χ1) is 8.36. The summed E-state index contributed by atoms with van der Waals surface area (Å²) in [7, 11) is 0. The molecule has 1 aromatic carbocycles. The molecule has 1 amide bonds. The summed E-state index contributed by atoms with van der Waals surface area (Å²) in [4.78, 5) is 14.0. The number of anilines is 1. The molecule has 98 valence electrons. The molecule has 0 spiro atoms. The van der Waals surface area contributed by atoms with Gasteiger partial charge in [-0.1, -0.05) is 24.6 Å². The molecule has 0 saturated heterocycles. The van der Waals surface area contributed by atoms with E-state index in [0.717, 1.165) is 12.1 Å². The van der Waals surface area contributed by atoms with E-state index in [-0.39, 0.29) is 17.3 Å². The number of benzene rings is 1. The number of rotatable bonds is 1. The lowest BCUT2D eigenvalue weighted by atomic mass is 9.79. The van der Waals surface area contributed by atoms with E-state index in [0.29, 0.717) is 5.92 Å². The summed E-state index contributed by atoms with van der Waals surface area (Å²) < 4.78 is 0. The van der Waals surface area contributed by atoms with Crippen molar-refractivity contribution in [3.05, 3.63) is 29.3 Å². The van der Waals surface area contributed by atoms with Crippen LogP contribution in [-0.4, -0.2) is 17.3 Å². The molecule has 0 aromatic heterocycles. The fourth-order valence-electron chi connectivity index (χ4n) is 3.08. The molecule has 1 aromatic rings. The van der Waals surface area contributed by atoms with Crippen molar-refractivity contribution < 1.29 is 4.79 Å². The molecule has 1 aliphatic rings. The monoisotopic (exact) mass is 265 g/mol. The normalized spacial score (nSPS) is 21.6. The number of carbonyl (C=O) groups excluding carboxylic acids is 1. The number of hydrogen-bond donors (Lipinski definition) is 0. The molecule has 0 bridgehead atoms. The van der Waals surface area contributed by atoms with Crippen LogP contribution in [0.3, 0.4) is 0 Å². The molecule has 2 nitrogen and oxygen atoms in total. The third-order valence-electron chi connectivity index (χ3n) is 3.73. The summed E-state index contributed by atoms with van der Waals surface area (Å²) in [5.41, 5.74) is 3.34. The molecule has 0 N–H and O–H groups in total. The average molecular weight is 266 g/mol. The molecule has 1 heterocycles. The third kappa shape index (κ3) is 2.14. The minimum atomic E-state index is -0.173. The number of halogens is 1. The summed E-state index contributed by atoms with van der Waals surface area (Å²) in [6.45, 7) is 8.52. The van der Waals surface area contributed by atoms with Crippen molar-refractivity contribution in [3.8, 4) is 0 Å². The largest absolute Gasteiger partial charge is 0.306 e. The minimum Gasteiger partial charge on any atom is -0.306 e. The Morgan fingerprint density at radius 3 is 2.78 bits per heavy atom. The number of alkyl halides is 1. The summed E-state index contributed by atoms with van der Waals surface area (Å²) in [6, 6.07) is 6.29. The van der Waals surface area contributed by atoms with Gasteiger partial charge in [-0.15, -0.1) is 11.6 Å². The maximum absolute atomic E-state index is 12.1. The third-order valence-corrected chi connectivity index (χ3v) is 3.96. The van der Waals surface area contributed by atoms with Gasteiger partial charge in [-0.2, -0.15) is 0 Å². The van der Waals surface area contributed by atoms with E-state index in [1.165, 1.54) is 11.1 Å². The predicted molar refractivity (Wildman–Crippen MR) is 76.5 cm³/mol. The second-order valence-electron chi connectivity index (χ2n) is 5.84. The molecule has 1 atom stereocenters. The fraction of sp³-hybridized carbons (Fsp3) is 0.533. The highest BCUT2D eigenvalue weighted by Crippen LogP contribution is 2.43. The van der Waals surface area contributed by atoms with Crippen molar-refractivity contribution in [2.75, 3.05) is 10.8 Å². The number of hydrogen-bond acceptors (Lipinski definition) is 1. The number of amides is 1. The Kier molecular flexibility index (Phi) is 3.41.